The van der Waals surface area contributed by atoms with Crippen molar-refractivity contribution in [3.05, 3.63) is 58.8 Å². The van der Waals surface area contributed by atoms with E-state index < -0.39 is 6.04 Å². The lowest BCUT2D eigenvalue weighted by atomic mass is 10.2. The lowest BCUT2D eigenvalue weighted by Gasteiger charge is -2.14. The van der Waals surface area contributed by atoms with Crippen LogP contribution in [0.3, 0.4) is 0 Å². The van der Waals surface area contributed by atoms with E-state index in [1.165, 1.54) is 10.8 Å². The van der Waals surface area contributed by atoms with Crippen molar-refractivity contribution < 1.29 is 4.79 Å². The zero-order valence-electron chi connectivity index (χ0n) is 12.8. The van der Waals surface area contributed by atoms with Crippen molar-refractivity contribution >= 4 is 17.1 Å². The fourth-order valence-electron chi connectivity index (χ4n) is 3.09. The van der Waals surface area contributed by atoms with Crippen LogP contribution in [-0.4, -0.2) is 24.8 Å². The number of carbonyl (C=O) groups excluding carboxylic acids is 1. The maximum atomic E-state index is 12.5. The first kappa shape index (κ1) is 14.4. The van der Waals surface area contributed by atoms with Crippen molar-refractivity contribution in [1.82, 2.24) is 24.3 Å². The molecule has 8 nitrogen and oxygen atoms in total. The largest absolute Gasteiger partial charge is 0.393 e. The SMILES string of the molecule is Nc1cnc2n(c1=O)[C@H](C(=O)NCc1cc3cnccn3c1)CC2. The molecule has 3 aromatic rings. The van der Waals surface area contributed by atoms with Gasteiger partial charge in [0.1, 0.15) is 17.6 Å². The number of aromatic nitrogens is 4. The molecule has 3 aromatic heterocycles. The molecule has 0 saturated heterocycles. The van der Waals surface area contributed by atoms with Crippen molar-refractivity contribution in [2.24, 2.45) is 0 Å². The number of nitrogens with zero attached hydrogens (tertiary/aromatic N) is 4. The molecule has 1 aliphatic heterocycles. The quantitative estimate of drug-likeness (QED) is 0.719. The summed E-state index contributed by atoms with van der Waals surface area (Å²) < 4.78 is 3.35. The Hall–Kier alpha value is -3.16. The Kier molecular flexibility index (Phi) is 3.30. The summed E-state index contributed by atoms with van der Waals surface area (Å²) in [5.41, 5.74) is 7.26. The van der Waals surface area contributed by atoms with E-state index in [2.05, 4.69) is 15.3 Å². The number of nitrogens with two attached hydrogens (primary N) is 1. The van der Waals surface area contributed by atoms with Crippen molar-refractivity contribution in [3.8, 4) is 0 Å². The molecule has 1 amide bonds. The van der Waals surface area contributed by atoms with Crippen molar-refractivity contribution in [3.63, 3.8) is 0 Å². The molecular formula is C16H16N6O2. The Morgan fingerprint density at radius 2 is 2.29 bits per heavy atom. The fraction of sp³-hybridized carbons (Fsp3) is 0.250. The Balaban J connectivity index is 1.52. The van der Waals surface area contributed by atoms with Gasteiger partial charge in [0.2, 0.25) is 5.91 Å². The second kappa shape index (κ2) is 5.48. The number of amides is 1. The summed E-state index contributed by atoms with van der Waals surface area (Å²) in [6.07, 6.45) is 9.75. The third-order valence-electron chi connectivity index (χ3n) is 4.28. The predicted octanol–water partition coefficient (Wildman–Crippen LogP) is 0.277. The normalized spacial score (nSPS) is 16.2. The average Bonchev–Trinajstić information content (AvgIpc) is 3.20. The van der Waals surface area contributed by atoms with E-state index in [9.17, 15) is 9.59 Å². The Bertz CT molecular complexity index is 957. The molecule has 8 heteroatoms. The summed E-state index contributed by atoms with van der Waals surface area (Å²) in [5, 5.41) is 2.89. The average molecular weight is 324 g/mol. The van der Waals surface area contributed by atoms with Crippen LogP contribution in [0, 0.1) is 0 Å². The number of nitrogen functional groups attached to an aromatic ring is 1. The summed E-state index contributed by atoms with van der Waals surface area (Å²) in [6.45, 7) is 0.386. The van der Waals surface area contributed by atoms with Gasteiger partial charge in [-0.25, -0.2) is 4.98 Å². The molecule has 4 rings (SSSR count). The van der Waals surface area contributed by atoms with E-state index in [-0.39, 0.29) is 17.2 Å². The number of carbonyl (C=O) groups is 1. The van der Waals surface area contributed by atoms with Crippen LogP contribution in [0.5, 0.6) is 0 Å². The van der Waals surface area contributed by atoms with E-state index in [1.807, 2.05) is 22.9 Å². The van der Waals surface area contributed by atoms with Crippen LogP contribution in [0.4, 0.5) is 5.69 Å². The van der Waals surface area contributed by atoms with Gasteiger partial charge < -0.3 is 15.5 Å². The van der Waals surface area contributed by atoms with E-state index >= 15 is 0 Å². The molecule has 0 fully saturated rings. The van der Waals surface area contributed by atoms with Gasteiger partial charge in [-0.3, -0.25) is 19.1 Å². The highest BCUT2D eigenvalue weighted by Crippen LogP contribution is 2.22. The summed E-state index contributed by atoms with van der Waals surface area (Å²) in [7, 11) is 0. The van der Waals surface area contributed by atoms with Gasteiger partial charge in [-0.2, -0.15) is 0 Å². The zero-order valence-corrected chi connectivity index (χ0v) is 12.8. The fourth-order valence-corrected chi connectivity index (χ4v) is 3.09. The minimum Gasteiger partial charge on any atom is -0.393 e. The number of hydrogen-bond acceptors (Lipinski definition) is 5. The van der Waals surface area contributed by atoms with E-state index in [0.29, 0.717) is 25.2 Å². The first-order chi connectivity index (χ1) is 11.6. The van der Waals surface area contributed by atoms with Crippen LogP contribution < -0.4 is 16.6 Å². The number of hydrogen-bond donors (Lipinski definition) is 2. The Morgan fingerprint density at radius 3 is 3.12 bits per heavy atom. The van der Waals surface area contributed by atoms with Crippen LogP contribution in [0.15, 0.2) is 41.8 Å². The molecule has 1 atom stereocenters. The van der Waals surface area contributed by atoms with E-state index in [1.54, 1.807) is 12.4 Å². The van der Waals surface area contributed by atoms with Gasteiger partial charge in [-0.15, -0.1) is 0 Å². The molecule has 0 saturated carbocycles. The van der Waals surface area contributed by atoms with Gasteiger partial charge >= 0.3 is 0 Å². The van der Waals surface area contributed by atoms with Gasteiger partial charge in [-0.05, 0) is 18.1 Å². The molecule has 0 bridgehead atoms. The minimum absolute atomic E-state index is 0.0598. The first-order valence-corrected chi connectivity index (χ1v) is 7.67. The number of fused-ring (bicyclic) bond motifs is 2. The molecule has 122 valence electrons. The number of aryl methyl sites for hydroxylation is 1. The lowest BCUT2D eigenvalue weighted by Crippen LogP contribution is -2.36. The van der Waals surface area contributed by atoms with Crippen molar-refractivity contribution in [1.29, 1.82) is 0 Å². The van der Waals surface area contributed by atoms with E-state index in [4.69, 9.17) is 5.73 Å². The summed E-state index contributed by atoms with van der Waals surface area (Å²) >= 11 is 0. The van der Waals surface area contributed by atoms with Crippen molar-refractivity contribution in [2.45, 2.75) is 25.4 Å². The maximum absolute atomic E-state index is 12.5. The lowest BCUT2D eigenvalue weighted by molar-refractivity contribution is -0.124. The standard InChI is InChI=1S/C16H16N6O2/c17-12-8-19-14-2-1-13(22(14)16(12)24)15(23)20-6-10-5-11-7-18-3-4-21(11)9-10/h3-5,7-9,13H,1-2,6,17H2,(H,20,23)/t13-/m0/s1. The van der Waals surface area contributed by atoms with Crippen LogP contribution >= 0.6 is 0 Å². The molecule has 0 radical (unpaired) electrons. The number of nitrogens with one attached hydrogen (secondary N) is 1. The second-order valence-corrected chi connectivity index (χ2v) is 5.83. The highest BCUT2D eigenvalue weighted by atomic mass is 16.2. The van der Waals surface area contributed by atoms with Gasteiger partial charge in [0, 0.05) is 31.6 Å². The van der Waals surface area contributed by atoms with Crippen LogP contribution in [-0.2, 0) is 17.8 Å². The molecule has 1 aliphatic rings. The smallest absolute Gasteiger partial charge is 0.277 e. The van der Waals surface area contributed by atoms with Gasteiger partial charge in [0.05, 0.1) is 17.9 Å². The molecule has 3 N–H and O–H groups in total. The molecular weight excluding hydrogens is 308 g/mol. The van der Waals surface area contributed by atoms with Crippen LogP contribution in [0.2, 0.25) is 0 Å². The van der Waals surface area contributed by atoms with Crippen LogP contribution in [0.25, 0.3) is 5.52 Å². The molecule has 0 aliphatic carbocycles. The monoisotopic (exact) mass is 324 g/mol. The molecule has 0 aromatic carbocycles. The van der Waals surface area contributed by atoms with Crippen LogP contribution in [0.1, 0.15) is 23.9 Å². The van der Waals surface area contributed by atoms with E-state index in [0.717, 1.165) is 11.1 Å². The molecule has 0 unspecified atom stereocenters. The predicted molar refractivity (Wildman–Crippen MR) is 87.3 cm³/mol. The summed E-state index contributed by atoms with van der Waals surface area (Å²) in [6, 6.07) is 1.41. The number of anilines is 1. The highest BCUT2D eigenvalue weighted by Gasteiger charge is 2.30. The Labute approximate surface area is 137 Å². The van der Waals surface area contributed by atoms with Gasteiger partial charge in [0.15, 0.2) is 0 Å². The highest BCUT2D eigenvalue weighted by molar-refractivity contribution is 5.81. The third-order valence-corrected chi connectivity index (χ3v) is 4.28. The summed E-state index contributed by atoms with van der Waals surface area (Å²) in [5.74, 6) is 0.409. The zero-order chi connectivity index (χ0) is 16.7. The molecule has 0 spiro atoms. The third kappa shape index (κ3) is 2.32. The van der Waals surface area contributed by atoms with Gasteiger partial charge in [0.25, 0.3) is 5.56 Å². The topological polar surface area (TPSA) is 107 Å². The molecule has 4 heterocycles. The van der Waals surface area contributed by atoms with Crippen molar-refractivity contribution in [2.75, 3.05) is 5.73 Å². The first-order valence-electron chi connectivity index (χ1n) is 7.67. The Morgan fingerprint density at radius 1 is 1.42 bits per heavy atom. The second-order valence-electron chi connectivity index (χ2n) is 5.83. The molecule has 24 heavy (non-hydrogen) atoms. The minimum atomic E-state index is -0.554. The maximum Gasteiger partial charge on any atom is 0.277 e. The number of rotatable bonds is 3. The van der Waals surface area contributed by atoms with Gasteiger partial charge in [-0.1, -0.05) is 0 Å². The summed E-state index contributed by atoms with van der Waals surface area (Å²) in [4.78, 5) is 32.9.